The first-order chi connectivity index (χ1) is 8.20. The van der Waals surface area contributed by atoms with E-state index >= 15 is 0 Å². The second-order valence-electron chi connectivity index (χ2n) is 4.60. The lowest BCUT2D eigenvalue weighted by molar-refractivity contribution is 0.219. The molecule has 0 spiro atoms. The third kappa shape index (κ3) is 2.56. The van der Waals surface area contributed by atoms with Crippen molar-refractivity contribution < 1.29 is 5.11 Å². The Balaban J connectivity index is 2.41. The number of hydrogen-bond donors (Lipinski definition) is 1. The molecule has 0 saturated carbocycles. The van der Waals surface area contributed by atoms with Crippen LogP contribution in [0.1, 0.15) is 42.6 Å². The molecule has 0 heterocycles. The molecule has 1 N–H and O–H groups in total. The van der Waals surface area contributed by atoms with Gasteiger partial charge in [-0.2, -0.15) is 0 Å². The molecule has 0 aliphatic carbocycles. The predicted octanol–water partition coefficient (Wildman–Crippen LogP) is 3.89. The Hall–Kier alpha value is -1.60. The van der Waals surface area contributed by atoms with Crippen LogP contribution in [0.3, 0.4) is 0 Å². The fourth-order valence-electron chi connectivity index (χ4n) is 2.10. The summed E-state index contributed by atoms with van der Waals surface area (Å²) >= 11 is 0. The van der Waals surface area contributed by atoms with Crippen molar-refractivity contribution in [1.82, 2.24) is 0 Å². The number of hydrogen-bond acceptors (Lipinski definition) is 1. The molecule has 1 heteroatoms. The van der Waals surface area contributed by atoms with Crippen LogP contribution in [-0.4, -0.2) is 5.11 Å². The Kier molecular flexibility index (Phi) is 3.60. The van der Waals surface area contributed by atoms with E-state index in [1.165, 1.54) is 5.56 Å². The lowest BCUT2D eigenvalue weighted by atomic mass is 9.91. The summed E-state index contributed by atoms with van der Waals surface area (Å²) in [5.41, 5.74) is 3.16. The van der Waals surface area contributed by atoms with Crippen molar-refractivity contribution >= 4 is 0 Å². The average Bonchev–Trinajstić information content (AvgIpc) is 2.39. The third-order valence-electron chi connectivity index (χ3n) is 3.03. The van der Waals surface area contributed by atoms with E-state index in [1.807, 2.05) is 48.5 Å². The highest BCUT2D eigenvalue weighted by atomic mass is 16.3. The molecule has 1 atom stereocenters. The van der Waals surface area contributed by atoms with Crippen molar-refractivity contribution in [2.45, 2.75) is 25.9 Å². The van der Waals surface area contributed by atoms with Crippen molar-refractivity contribution in [3.05, 3.63) is 71.3 Å². The highest BCUT2D eigenvalue weighted by molar-refractivity contribution is 5.37. The van der Waals surface area contributed by atoms with Gasteiger partial charge >= 0.3 is 0 Å². The normalized spacial score (nSPS) is 12.7. The smallest absolute Gasteiger partial charge is 0.104 e. The Morgan fingerprint density at radius 3 is 1.88 bits per heavy atom. The largest absolute Gasteiger partial charge is 0.384 e. The van der Waals surface area contributed by atoms with E-state index in [1.54, 1.807) is 0 Å². The van der Waals surface area contributed by atoms with Gasteiger partial charge < -0.3 is 5.11 Å². The Labute approximate surface area is 103 Å². The molecule has 2 aromatic rings. The second kappa shape index (κ2) is 5.15. The first-order valence-corrected chi connectivity index (χ1v) is 6.02. The number of benzene rings is 2. The van der Waals surface area contributed by atoms with Gasteiger partial charge in [-0.05, 0) is 22.6 Å². The van der Waals surface area contributed by atoms with Gasteiger partial charge in [-0.3, -0.25) is 0 Å². The van der Waals surface area contributed by atoms with Gasteiger partial charge in [0.1, 0.15) is 6.10 Å². The second-order valence-corrected chi connectivity index (χ2v) is 4.60. The first kappa shape index (κ1) is 11.9. The van der Waals surface area contributed by atoms with Gasteiger partial charge in [0.2, 0.25) is 0 Å². The Bertz CT molecular complexity index is 474. The molecule has 0 radical (unpaired) electrons. The zero-order chi connectivity index (χ0) is 12.3. The molecule has 0 aromatic heterocycles. The van der Waals surface area contributed by atoms with Gasteiger partial charge in [0.05, 0.1) is 0 Å². The van der Waals surface area contributed by atoms with Crippen LogP contribution in [0.4, 0.5) is 0 Å². The highest BCUT2D eigenvalue weighted by Gasteiger charge is 2.15. The van der Waals surface area contributed by atoms with Crippen LogP contribution in [0.25, 0.3) is 0 Å². The monoisotopic (exact) mass is 226 g/mol. The maximum Gasteiger partial charge on any atom is 0.104 e. The molecule has 0 fully saturated rings. The summed E-state index contributed by atoms with van der Waals surface area (Å²) in [6.07, 6.45) is -0.533. The standard InChI is InChI=1S/C16H18O/c1-12(2)14-10-6-7-11-15(14)16(17)13-8-4-3-5-9-13/h3-12,16-17H,1-2H3/t16-/m1/s1. The lowest BCUT2D eigenvalue weighted by Gasteiger charge is -2.18. The van der Waals surface area contributed by atoms with Crippen molar-refractivity contribution in [3.8, 4) is 0 Å². The van der Waals surface area contributed by atoms with Gasteiger partial charge in [-0.1, -0.05) is 68.4 Å². The third-order valence-corrected chi connectivity index (χ3v) is 3.03. The maximum absolute atomic E-state index is 10.4. The fourth-order valence-corrected chi connectivity index (χ4v) is 2.10. The number of aliphatic hydroxyl groups excluding tert-OH is 1. The van der Waals surface area contributed by atoms with Crippen molar-refractivity contribution in [2.75, 3.05) is 0 Å². The topological polar surface area (TPSA) is 20.2 Å². The summed E-state index contributed by atoms with van der Waals surface area (Å²) in [5, 5.41) is 10.4. The number of rotatable bonds is 3. The van der Waals surface area contributed by atoms with Crippen LogP contribution < -0.4 is 0 Å². The zero-order valence-electron chi connectivity index (χ0n) is 10.3. The summed E-state index contributed by atoms with van der Waals surface area (Å²) in [6, 6.07) is 17.9. The summed E-state index contributed by atoms with van der Waals surface area (Å²) in [6.45, 7) is 4.30. The highest BCUT2D eigenvalue weighted by Crippen LogP contribution is 2.28. The van der Waals surface area contributed by atoms with E-state index in [9.17, 15) is 5.11 Å². The molecular formula is C16H18O. The molecule has 2 aromatic carbocycles. The van der Waals surface area contributed by atoms with Gasteiger partial charge in [0.15, 0.2) is 0 Å². The summed E-state index contributed by atoms with van der Waals surface area (Å²) < 4.78 is 0. The van der Waals surface area contributed by atoms with E-state index in [0.717, 1.165) is 11.1 Å². The van der Waals surface area contributed by atoms with E-state index < -0.39 is 6.10 Å². The molecule has 1 nitrogen and oxygen atoms in total. The Morgan fingerprint density at radius 1 is 0.765 bits per heavy atom. The van der Waals surface area contributed by atoms with Crippen LogP contribution in [0.5, 0.6) is 0 Å². The molecule has 0 amide bonds. The molecule has 0 unspecified atom stereocenters. The van der Waals surface area contributed by atoms with Gasteiger partial charge in [-0.15, -0.1) is 0 Å². The van der Waals surface area contributed by atoms with Gasteiger partial charge in [0, 0.05) is 0 Å². The predicted molar refractivity (Wildman–Crippen MR) is 71.0 cm³/mol. The van der Waals surface area contributed by atoms with Crippen LogP contribution in [-0.2, 0) is 0 Å². The molecule has 17 heavy (non-hydrogen) atoms. The van der Waals surface area contributed by atoms with Crippen molar-refractivity contribution in [3.63, 3.8) is 0 Å². The SMILES string of the molecule is CC(C)c1ccccc1[C@H](O)c1ccccc1. The molecule has 2 rings (SSSR count). The van der Waals surface area contributed by atoms with E-state index in [-0.39, 0.29) is 0 Å². The van der Waals surface area contributed by atoms with Crippen molar-refractivity contribution in [1.29, 1.82) is 0 Å². The average molecular weight is 226 g/mol. The van der Waals surface area contributed by atoms with Crippen LogP contribution in [0, 0.1) is 0 Å². The minimum Gasteiger partial charge on any atom is -0.384 e. The summed E-state index contributed by atoms with van der Waals surface area (Å²) in [4.78, 5) is 0. The molecular weight excluding hydrogens is 208 g/mol. The van der Waals surface area contributed by atoms with Gasteiger partial charge in [0.25, 0.3) is 0 Å². The van der Waals surface area contributed by atoms with Crippen LogP contribution in [0.2, 0.25) is 0 Å². The molecule has 0 saturated heterocycles. The Morgan fingerprint density at radius 2 is 1.29 bits per heavy atom. The maximum atomic E-state index is 10.4. The summed E-state index contributed by atoms with van der Waals surface area (Å²) in [5.74, 6) is 0.421. The van der Waals surface area contributed by atoms with Crippen molar-refractivity contribution in [2.24, 2.45) is 0 Å². The quantitative estimate of drug-likeness (QED) is 0.841. The van der Waals surface area contributed by atoms with E-state index in [4.69, 9.17) is 0 Å². The fraction of sp³-hybridized carbons (Fsp3) is 0.250. The van der Waals surface area contributed by atoms with E-state index in [0.29, 0.717) is 5.92 Å². The van der Waals surface area contributed by atoms with Crippen LogP contribution >= 0.6 is 0 Å². The van der Waals surface area contributed by atoms with Crippen LogP contribution in [0.15, 0.2) is 54.6 Å². The molecule has 0 bridgehead atoms. The summed E-state index contributed by atoms with van der Waals surface area (Å²) in [7, 11) is 0. The number of aliphatic hydroxyl groups is 1. The van der Waals surface area contributed by atoms with Gasteiger partial charge in [-0.25, -0.2) is 0 Å². The molecule has 88 valence electrons. The minimum atomic E-state index is -0.533. The first-order valence-electron chi connectivity index (χ1n) is 6.02. The molecule has 0 aliphatic rings. The molecule has 0 aliphatic heterocycles. The zero-order valence-corrected chi connectivity index (χ0v) is 10.3. The lowest BCUT2D eigenvalue weighted by Crippen LogP contribution is -2.04. The van der Waals surface area contributed by atoms with E-state index in [2.05, 4.69) is 19.9 Å². The minimum absolute atomic E-state index is 0.421.